The van der Waals surface area contributed by atoms with E-state index in [1.54, 1.807) is 29.2 Å². The fraction of sp³-hybridized carbons (Fsp3) is 0.167. The van der Waals surface area contributed by atoms with Crippen molar-refractivity contribution < 1.29 is 9.59 Å². The number of benzene rings is 1. The molecule has 0 aliphatic carbocycles. The first-order chi connectivity index (χ1) is 12.6. The summed E-state index contributed by atoms with van der Waals surface area (Å²) in [6.07, 6.45) is 4.17. The summed E-state index contributed by atoms with van der Waals surface area (Å²) in [5, 5.41) is 10.6. The summed E-state index contributed by atoms with van der Waals surface area (Å²) in [7, 11) is 0. The first-order valence-corrected chi connectivity index (χ1v) is 8.12. The van der Waals surface area contributed by atoms with Crippen LogP contribution in [0.3, 0.4) is 0 Å². The van der Waals surface area contributed by atoms with Crippen LogP contribution in [0, 0.1) is 0 Å². The van der Waals surface area contributed by atoms with Crippen LogP contribution in [0.2, 0.25) is 0 Å². The second-order valence-electron chi connectivity index (χ2n) is 5.60. The van der Waals surface area contributed by atoms with Crippen LogP contribution in [0.4, 0.5) is 0 Å². The zero-order valence-corrected chi connectivity index (χ0v) is 14.2. The number of carbonyl (C=O) groups is 2. The predicted molar refractivity (Wildman–Crippen MR) is 95.5 cm³/mol. The highest BCUT2D eigenvalue weighted by Crippen LogP contribution is 2.25. The van der Waals surface area contributed by atoms with Gasteiger partial charge in [-0.15, -0.1) is 5.10 Å². The third-order valence-electron chi connectivity index (χ3n) is 3.85. The van der Waals surface area contributed by atoms with Gasteiger partial charge in [-0.3, -0.25) is 14.6 Å². The van der Waals surface area contributed by atoms with E-state index in [0.29, 0.717) is 5.69 Å². The zero-order valence-electron chi connectivity index (χ0n) is 14.2. The Labute approximate surface area is 150 Å². The molecular weight excluding hydrogens is 332 g/mol. The van der Waals surface area contributed by atoms with Crippen molar-refractivity contribution in [3.05, 3.63) is 60.0 Å². The number of primary amides is 1. The van der Waals surface area contributed by atoms with Crippen LogP contribution >= 0.6 is 0 Å². The van der Waals surface area contributed by atoms with Crippen molar-refractivity contribution in [3.8, 4) is 16.9 Å². The first-order valence-electron chi connectivity index (χ1n) is 8.12. The van der Waals surface area contributed by atoms with Gasteiger partial charge in [-0.1, -0.05) is 24.3 Å². The average Bonchev–Trinajstić information content (AvgIpc) is 3.12. The second kappa shape index (κ2) is 7.56. The van der Waals surface area contributed by atoms with E-state index in [4.69, 9.17) is 5.73 Å². The predicted octanol–water partition coefficient (Wildman–Crippen LogP) is 1.11. The van der Waals surface area contributed by atoms with Gasteiger partial charge in [0.15, 0.2) is 5.69 Å². The summed E-state index contributed by atoms with van der Waals surface area (Å²) in [5.41, 5.74) is 8.41. The molecule has 0 saturated heterocycles. The van der Waals surface area contributed by atoms with Gasteiger partial charge >= 0.3 is 0 Å². The molecule has 8 heteroatoms. The van der Waals surface area contributed by atoms with Gasteiger partial charge in [0.1, 0.15) is 5.69 Å². The fourth-order valence-electron chi connectivity index (χ4n) is 2.51. The van der Waals surface area contributed by atoms with Crippen LogP contribution in [0.5, 0.6) is 0 Å². The van der Waals surface area contributed by atoms with Crippen molar-refractivity contribution >= 4 is 11.8 Å². The normalized spacial score (nSPS) is 10.5. The molecule has 0 aliphatic heterocycles. The summed E-state index contributed by atoms with van der Waals surface area (Å²) >= 11 is 0. The molecule has 1 aromatic carbocycles. The largest absolute Gasteiger partial charge is 0.368 e. The van der Waals surface area contributed by atoms with E-state index in [1.165, 1.54) is 5.56 Å². The Hall–Kier alpha value is -3.55. The molecule has 8 nitrogen and oxygen atoms in total. The number of carbonyl (C=O) groups excluding carboxylic acids is 2. The molecule has 2 aromatic heterocycles. The Bertz CT molecular complexity index is 919. The molecule has 3 N–H and O–H groups in total. The van der Waals surface area contributed by atoms with Gasteiger partial charge in [0.2, 0.25) is 5.91 Å². The summed E-state index contributed by atoms with van der Waals surface area (Å²) in [6.45, 7) is 1.81. The van der Waals surface area contributed by atoms with Crippen LogP contribution in [0.25, 0.3) is 16.9 Å². The lowest BCUT2D eigenvalue weighted by Gasteiger charge is -2.09. The summed E-state index contributed by atoms with van der Waals surface area (Å²) in [4.78, 5) is 27.4. The van der Waals surface area contributed by atoms with Crippen molar-refractivity contribution in [1.29, 1.82) is 0 Å². The van der Waals surface area contributed by atoms with Gasteiger partial charge in [-0.25, -0.2) is 4.68 Å². The van der Waals surface area contributed by atoms with E-state index >= 15 is 0 Å². The lowest BCUT2D eigenvalue weighted by atomic mass is 10.1. The Kier molecular flexibility index (Phi) is 5.02. The minimum absolute atomic E-state index is 0.108. The Morgan fingerprint density at radius 3 is 2.42 bits per heavy atom. The topological polar surface area (TPSA) is 116 Å². The minimum atomic E-state index is -0.633. The molecule has 3 rings (SSSR count). The number of hydrogen-bond acceptors (Lipinski definition) is 5. The van der Waals surface area contributed by atoms with Crippen molar-refractivity contribution in [1.82, 2.24) is 25.3 Å². The lowest BCUT2D eigenvalue weighted by Crippen LogP contribution is -2.33. The molecule has 0 atom stereocenters. The quantitative estimate of drug-likeness (QED) is 0.691. The smallest absolute Gasteiger partial charge is 0.274 e. The van der Waals surface area contributed by atoms with Crippen molar-refractivity contribution in [2.45, 2.75) is 13.3 Å². The highest BCUT2D eigenvalue weighted by Gasteiger charge is 2.22. The summed E-state index contributed by atoms with van der Waals surface area (Å²) in [6, 6.07) is 11.4. The SMILES string of the molecule is CCc1ccc(-n2nnc(C(=O)NCC(N)=O)c2-c2ccncc2)cc1. The maximum Gasteiger partial charge on any atom is 0.274 e. The molecule has 0 aliphatic rings. The van der Waals surface area contributed by atoms with Gasteiger partial charge in [0.05, 0.1) is 12.2 Å². The van der Waals surface area contributed by atoms with E-state index in [9.17, 15) is 9.59 Å². The number of aryl methyl sites for hydroxylation is 1. The fourth-order valence-corrected chi connectivity index (χ4v) is 2.51. The number of pyridine rings is 1. The van der Waals surface area contributed by atoms with Crippen LogP contribution in [-0.2, 0) is 11.2 Å². The van der Waals surface area contributed by atoms with E-state index in [-0.39, 0.29) is 12.2 Å². The molecule has 132 valence electrons. The van der Waals surface area contributed by atoms with Gasteiger partial charge in [0.25, 0.3) is 5.91 Å². The molecular formula is C18H18N6O2. The van der Waals surface area contributed by atoms with Crippen LogP contribution < -0.4 is 11.1 Å². The van der Waals surface area contributed by atoms with Crippen LogP contribution in [0.15, 0.2) is 48.8 Å². The number of nitrogens with one attached hydrogen (secondary N) is 1. The number of rotatable bonds is 6. The number of amides is 2. The molecule has 3 aromatic rings. The molecule has 0 radical (unpaired) electrons. The van der Waals surface area contributed by atoms with Crippen molar-refractivity contribution in [3.63, 3.8) is 0 Å². The molecule has 0 unspecified atom stereocenters. The van der Waals surface area contributed by atoms with Gasteiger partial charge in [-0.2, -0.15) is 0 Å². The van der Waals surface area contributed by atoms with Crippen molar-refractivity contribution in [2.24, 2.45) is 5.73 Å². The van der Waals surface area contributed by atoms with Crippen LogP contribution in [0.1, 0.15) is 23.0 Å². The number of nitrogens with zero attached hydrogens (tertiary/aromatic N) is 4. The van der Waals surface area contributed by atoms with Gasteiger partial charge in [0, 0.05) is 18.0 Å². The highest BCUT2D eigenvalue weighted by atomic mass is 16.2. The molecule has 0 spiro atoms. The number of nitrogens with two attached hydrogens (primary N) is 1. The molecule has 0 bridgehead atoms. The van der Waals surface area contributed by atoms with E-state index in [0.717, 1.165) is 17.7 Å². The molecule has 26 heavy (non-hydrogen) atoms. The molecule has 2 heterocycles. The third kappa shape index (κ3) is 3.59. The lowest BCUT2D eigenvalue weighted by molar-refractivity contribution is -0.117. The Morgan fingerprint density at radius 1 is 1.12 bits per heavy atom. The van der Waals surface area contributed by atoms with Gasteiger partial charge < -0.3 is 11.1 Å². The Morgan fingerprint density at radius 2 is 1.81 bits per heavy atom. The maximum atomic E-state index is 12.4. The highest BCUT2D eigenvalue weighted by molar-refractivity contribution is 5.99. The number of aromatic nitrogens is 4. The van der Waals surface area contributed by atoms with E-state index in [1.807, 2.05) is 24.3 Å². The average molecular weight is 350 g/mol. The monoisotopic (exact) mass is 350 g/mol. The number of hydrogen-bond donors (Lipinski definition) is 2. The van der Waals surface area contributed by atoms with Crippen molar-refractivity contribution in [2.75, 3.05) is 6.54 Å². The maximum absolute atomic E-state index is 12.4. The van der Waals surface area contributed by atoms with E-state index < -0.39 is 11.8 Å². The second-order valence-corrected chi connectivity index (χ2v) is 5.60. The summed E-state index contributed by atoms with van der Waals surface area (Å²) < 4.78 is 1.59. The van der Waals surface area contributed by atoms with E-state index in [2.05, 4.69) is 27.5 Å². The van der Waals surface area contributed by atoms with Gasteiger partial charge in [-0.05, 0) is 36.2 Å². The molecule has 0 saturated carbocycles. The summed E-state index contributed by atoms with van der Waals surface area (Å²) in [5.74, 6) is -1.15. The third-order valence-corrected chi connectivity index (χ3v) is 3.85. The van der Waals surface area contributed by atoms with Crippen LogP contribution in [-0.4, -0.2) is 38.3 Å². The zero-order chi connectivity index (χ0) is 18.5. The standard InChI is InChI=1S/C18H18N6O2/c1-2-12-3-5-14(6-4-12)24-17(13-7-9-20-10-8-13)16(22-23-24)18(26)21-11-15(19)25/h3-10H,2,11H2,1H3,(H2,19,25)(H,21,26). The first kappa shape index (κ1) is 17.3. The minimum Gasteiger partial charge on any atom is -0.368 e. The molecule has 0 fully saturated rings. The Balaban J connectivity index is 2.07. The molecule has 2 amide bonds.